The summed E-state index contributed by atoms with van der Waals surface area (Å²) in [7, 11) is 1.62. The van der Waals surface area contributed by atoms with E-state index in [4.69, 9.17) is 4.74 Å². The number of methoxy groups -OCH3 is 1. The standard InChI is InChI=1S/C24H27N3O3S/c1-30-19-8-5-17(6-9-19)15-22-24(29)26-20-16-18(7-10-21(20)31-22)23(28)25-11-4-14-27-12-2-3-13-27/h5-10,15-16H,2-4,11-14H2,1H3,(H,25,28)(H,26,29). The lowest BCUT2D eigenvalue weighted by atomic mass is 10.1. The first-order valence-corrected chi connectivity index (χ1v) is 11.4. The Bertz CT molecular complexity index is 982. The molecule has 7 heteroatoms. The summed E-state index contributed by atoms with van der Waals surface area (Å²) in [5, 5.41) is 5.90. The third-order valence-electron chi connectivity index (χ3n) is 5.48. The van der Waals surface area contributed by atoms with Gasteiger partial charge in [0.1, 0.15) is 5.75 Å². The fourth-order valence-electron chi connectivity index (χ4n) is 3.77. The Labute approximate surface area is 187 Å². The lowest BCUT2D eigenvalue weighted by molar-refractivity contribution is -0.112. The maximum absolute atomic E-state index is 12.6. The van der Waals surface area contributed by atoms with Gasteiger partial charge in [-0.1, -0.05) is 23.9 Å². The molecule has 1 saturated heterocycles. The summed E-state index contributed by atoms with van der Waals surface area (Å²) in [5.41, 5.74) is 2.15. The Morgan fingerprint density at radius 1 is 1.19 bits per heavy atom. The van der Waals surface area contributed by atoms with Gasteiger partial charge < -0.3 is 20.3 Å². The second-order valence-electron chi connectivity index (χ2n) is 7.71. The van der Waals surface area contributed by atoms with Crippen LogP contribution >= 0.6 is 11.8 Å². The van der Waals surface area contributed by atoms with Crippen molar-refractivity contribution in [2.24, 2.45) is 0 Å². The minimum Gasteiger partial charge on any atom is -0.497 e. The van der Waals surface area contributed by atoms with Crippen LogP contribution in [0.4, 0.5) is 5.69 Å². The van der Waals surface area contributed by atoms with Crippen LogP contribution in [-0.2, 0) is 4.79 Å². The van der Waals surface area contributed by atoms with Gasteiger partial charge >= 0.3 is 0 Å². The van der Waals surface area contributed by atoms with Crippen LogP contribution < -0.4 is 15.4 Å². The first-order valence-electron chi connectivity index (χ1n) is 10.6. The van der Waals surface area contributed by atoms with Crippen LogP contribution in [0.5, 0.6) is 5.75 Å². The predicted octanol–water partition coefficient (Wildman–Crippen LogP) is 4.00. The van der Waals surface area contributed by atoms with Crippen molar-refractivity contribution in [1.82, 2.24) is 10.2 Å². The van der Waals surface area contributed by atoms with Crippen molar-refractivity contribution in [3.63, 3.8) is 0 Å². The Balaban J connectivity index is 1.36. The van der Waals surface area contributed by atoms with Crippen LogP contribution in [0.1, 0.15) is 35.2 Å². The van der Waals surface area contributed by atoms with E-state index in [0.717, 1.165) is 29.2 Å². The maximum Gasteiger partial charge on any atom is 0.262 e. The smallest absolute Gasteiger partial charge is 0.262 e. The molecule has 2 N–H and O–H groups in total. The molecule has 162 valence electrons. The van der Waals surface area contributed by atoms with E-state index < -0.39 is 0 Å². The Morgan fingerprint density at radius 3 is 2.71 bits per heavy atom. The summed E-state index contributed by atoms with van der Waals surface area (Å²) in [6.45, 7) is 4.03. The van der Waals surface area contributed by atoms with Gasteiger partial charge in [0.2, 0.25) is 0 Å². The Morgan fingerprint density at radius 2 is 1.97 bits per heavy atom. The fourth-order valence-corrected chi connectivity index (χ4v) is 4.70. The van der Waals surface area contributed by atoms with Gasteiger partial charge in [0.15, 0.2) is 0 Å². The molecule has 0 bridgehead atoms. The van der Waals surface area contributed by atoms with Crippen molar-refractivity contribution in [3.05, 3.63) is 58.5 Å². The quantitative estimate of drug-likeness (QED) is 0.506. The van der Waals surface area contributed by atoms with Crippen LogP contribution in [0.3, 0.4) is 0 Å². The van der Waals surface area contributed by atoms with Crippen LogP contribution in [0.15, 0.2) is 52.3 Å². The maximum atomic E-state index is 12.6. The van der Waals surface area contributed by atoms with Crippen LogP contribution in [0.25, 0.3) is 6.08 Å². The number of hydrogen-bond donors (Lipinski definition) is 2. The van der Waals surface area contributed by atoms with E-state index in [0.29, 0.717) is 22.7 Å². The largest absolute Gasteiger partial charge is 0.497 e. The number of anilines is 1. The molecule has 2 aromatic rings. The zero-order chi connectivity index (χ0) is 21.6. The Kier molecular flexibility index (Phi) is 6.94. The zero-order valence-electron chi connectivity index (χ0n) is 17.6. The summed E-state index contributed by atoms with van der Waals surface area (Å²) in [4.78, 5) is 29.0. The van der Waals surface area contributed by atoms with Crippen molar-refractivity contribution in [3.8, 4) is 5.75 Å². The summed E-state index contributed by atoms with van der Waals surface area (Å²) in [6.07, 6.45) is 5.36. The van der Waals surface area contributed by atoms with E-state index in [-0.39, 0.29) is 11.8 Å². The molecular weight excluding hydrogens is 410 g/mol. The SMILES string of the molecule is COc1ccc(C=C2Sc3ccc(C(=O)NCCCN4CCCC4)cc3NC2=O)cc1. The molecule has 0 atom stereocenters. The molecule has 0 spiro atoms. The number of carbonyl (C=O) groups excluding carboxylic acids is 2. The molecule has 2 amide bonds. The van der Waals surface area contributed by atoms with Crippen molar-refractivity contribution in [1.29, 1.82) is 0 Å². The number of likely N-dealkylation sites (tertiary alicyclic amines) is 1. The molecule has 2 aromatic carbocycles. The van der Waals surface area contributed by atoms with Crippen LogP contribution in [-0.4, -0.2) is 50.0 Å². The average molecular weight is 438 g/mol. The molecule has 0 aliphatic carbocycles. The third kappa shape index (κ3) is 5.48. The number of nitrogens with one attached hydrogen (secondary N) is 2. The van der Waals surface area contributed by atoms with Crippen molar-refractivity contribution < 1.29 is 14.3 Å². The molecule has 6 nitrogen and oxygen atoms in total. The van der Waals surface area contributed by atoms with Crippen molar-refractivity contribution in [2.75, 3.05) is 38.6 Å². The lowest BCUT2D eigenvalue weighted by Gasteiger charge is -2.19. The number of carbonyl (C=O) groups is 2. The molecule has 0 aromatic heterocycles. The lowest BCUT2D eigenvalue weighted by Crippen LogP contribution is -2.28. The van der Waals surface area contributed by atoms with E-state index in [1.54, 1.807) is 13.2 Å². The topological polar surface area (TPSA) is 70.7 Å². The minimum atomic E-state index is -0.170. The highest BCUT2D eigenvalue weighted by Crippen LogP contribution is 2.39. The van der Waals surface area contributed by atoms with Gasteiger partial charge in [0.05, 0.1) is 17.7 Å². The monoisotopic (exact) mass is 437 g/mol. The van der Waals surface area contributed by atoms with Gasteiger partial charge in [-0.15, -0.1) is 0 Å². The van der Waals surface area contributed by atoms with E-state index >= 15 is 0 Å². The fraction of sp³-hybridized carbons (Fsp3) is 0.333. The number of hydrogen-bond acceptors (Lipinski definition) is 5. The number of ether oxygens (including phenoxy) is 1. The van der Waals surface area contributed by atoms with Crippen LogP contribution in [0, 0.1) is 0 Å². The summed E-state index contributed by atoms with van der Waals surface area (Å²) in [6, 6.07) is 13.0. The molecule has 0 saturated carbocycles. The molecule has 31 heavy (non-hydrogen) atoms. The number of amides is 2. The molecule has 1 fully saturated rings. The molecule has 2 heterocycles. The van der Waals surface area contributed by atoms with Crippen LogP contribution in [0.2, 0.25) is 0 Å². The highest BCUT2D eigenvalue weighted by Gasteiger charge is 2.22. The number of rotatable bonds is 7. The molecule has 2 aliphatic heterocycles. The van der Waals surface area contributed by atoms with Gasteiger partial charge in [0.25, 0.3) is 11.8 Å². The van der Waals surface area contributed by atoms with Crippen molar-refractivity contribution >= 4 is 35.3 Å². The van der Waals surface area contributed by atoms with E-state index in [1.165, 1.54) is 37.7 Å². The summed E-state index contributed by atoms with van der Waals surface area (Å²) >= 11 is 1.41. The van der Waals surface area contributed by atoms with E-state index in [2.05, 4.69) is 15.5 Å². The first kappa shape index (κ1) is 21.5. The van der Waals surface area contributed by atoms with Gasteiger partial charge in [-0.05, 0) is 80.9 Å². The number of benzene rings is 2. The molecular formula is C24H27N3O3S. The predicted molar refractivity (Wildman–Crippen MR) is 125 cm³/mol. The van der Waals surface area contributed by atoms with E-state index in [9.17, 15) is 9.59 Å². The van der Waals surface area contributed by atoms with E-state index in [1.807, 2.05) is 42.5 Å². The second-order valence-corrected chi connectivity index (χ2v) is 8.79. The number of thioether (sulfide) groups is 1. The molecule has 2 aliphatic rings. The number of fused-ring (bicyclic) bond motifs is 1. The third-order valence-corrected chi connectivity index (χ3v) is 6.58. The first-order chi connectivity index (χ1) is 15.1. The number of nitrogens with zero attached hydrogens (tertiary/aromatic N) is 1. The van der Waals surface area contributed by atoms with Crippen molar-refractivity contribution in [2.45, 2.75) is 24.2 Å². The van der Waals surface area contributed by atoms with Gasteiger partial charge in [-0.25, -0.2) is 0 Å². The second kappa shape index (κ2) is 10.0. The highest BCUT2D eigenvalue weighted by molar-refractivity contribution is 8.04. The molecule has 4 rings (SSSR count). The normalized spacial score (nSPS) is 17.3. The molecule has 0 unspecified atom stereocenters. The highest BCUT2D eigenvalue weighted by atomic mass is 32.2. The van der Waals surface area contributed by atoms with Gasteiger partial charge in [-0.2, -0.15) is 0 Å². The summed E-state index contributed by atoms with van der Waals surface area (Å²) < 4.78 is 5.17. The van der Waals surface area contributed by atoms with Gasteiger partial charge in [-0.3, -0.25) is 9.59 Å². The average Bonchev–Trinajstić information content (AvgIpc) is 3.31. The summed E-state index contributed by atoms with van der Waals surface area (Å²) in [5.74, 6) is 0.495. The zero-order valence-corrected chi connectivity index (χ0v) is 18.5. The Hall–Kier alpha value is -2.77. The molecule has 0 radical (unpaired) electrons. The minimum absolute atomic E-state index is 0.108. The van der Waals surface area contributed by atoms with Gasteiger partial charge in [0, 0.05) is 17.0 Å².